The number of nitrogens with zero attached hydrogens (tertiary/aromatic N) is 3. The van der Waals surface area contributed by atoms with E-state index in [4.69, 9.17) is 5.73 Å². The number of amides is 1. The number of piperidine rings is 1. The minimum absolute atomic E-state index is 0.0566. The summed E-state index contributed by atoms with van der Waals surface area (Å²) in [7, 11) is 0. The SMILES string of the molecule is CC(C)n1nc(C(=O)NC2CCN(C(N)CC(=O)c3ccccc3)CC2)c2ccccc21. The molecule has 0 saturated carbocycles. The van der Waals surface area contributed by atoms with Crippen LogP contribution in [0.1, 0.15) is 60.0 Å². The maximum Gasteiger partial charge on any atom is 0.272 e. The molecule has 1 aliphatic heterocycles. The number of Topliss-reactive ketones (excluding diaryl/α,β-unsaturated/α-hetero) is 1. The molecule has 3 aromatic rings. The van der Waals surface area contributed by atoms with Gasteiger partial charge >= 0.3 is 0 Å². The van der Waals surface area contributed by atoms with E-state index in [1.807, 2.05) is 59.3 Å². The second kappa shape index (κ2) is 9.63. The Morgan fingerprint density at radius 1 is 1.06 bits per heavy atom. The Hall–Kier alpha value is -3.03. The Kier molecular flexibility index (Phi) is 6.67. The van der Waals surface area contributed by atoms with Gasteiger partial charge in [-0.1, -0.05) is 48.5 Å². The highest BCUT2D eigenvalue weighted by Gasteiger charge is 2.27. The minimum atomic E-state index is -0.315. The van der Waals surface area contributed by atoms with Crippen LogP contribution < -0.4 is 11.1 Å². The van der Waals surface area contributed by atoms with Gasteiger partial charge < -0.3 is 11.1 Å². The van der Waals surface area contributed by atoms with Crippen LogP contribution in [0.25, 0.3) is 10.9 Å². The van der Waals surface area contributed by atoms with Crippen LogP contribution in [0.15, 0.2) is 54.6 Å². The Bertz CT molecular complexity index is 1080. The van der Waals surface area contributed by atoms with Crippen LogP contribution in [0, 0.1) is 0 Å². The Balaban J connectivity index is 1.34. The van der Waals surface area contributed by atoms with Crippen LogP contribution in [0.4, 0.5) is 0 Å². The number of carbonyl (C=O) groups is 2. The van der Waals surface area contributed by atoms with Crippen LogP contribution in [0.3, 0.4) is 0 Å². The number of nitrogens with one attached hydrogen (secondary N) is 1. The van der Waals surface area contributed by atoms with Gasteiger partial charge in [-0.2, -0.15) is 5.10 Å². The molecule has 0 aliphatic carbocycles. The maximum absolute atomic E-state index is 13.0. The van der Waals surface area contributed by atoms with E-state index in [-0.39, 0.29) is 29.9 Å². The molecule has 1 atom stereocenters. The number of hydrogen-bond donors (Lipinski definition) is 2. The molecule has 4 rings (SSSR count). The van der Waals surface area contributed by atoms with E-state index in [1.54, 1.807) is 0 Å². The highest BCUT2D eigenvalue weighted by atomic mass is 16.2. The van der Waals surface area contributed by atoms with Gasteiger partial charge in [0.15, 0.2) is 11.5 Å². The van der Waals surface area contributed by atoms with E-state index in [0.29, 0.717) is 17.7 Å². The summed E-state index contributed by atoms with van der Waals surface area (Å²) in [6.07, 6.45) is 1.56. The fraction of sp³-hybridized carbons (Fsp3) is 0.400. The van der Waals surface area contributed by atoms with E-state index in [0.717, 1.165) is 36.8 Å². The molecular weight excluding hydrogens is 402 g/mol. The average Bonchev–Trinajstić information content (AvgIpc) is 3.20. The van der Waals surface area contributed by atoms with Crippen molar-refractivity contribution in [2.45, 2.75) is 51.4 Å². The van der Waals surface area contributed by atoms with Crippen LogP contribution >= 0.6 is 0 Å². The minimum Gasteiger partial charge on any atom is -0.348 e. The second-order valence-electron chi connectivity index (χ2n) is 8.75. The van der Waals surface area contributed by atoms with Gasteiger partial charge in [0.05, 0.1) is 11.7 Å². The first-order valence-corrected chi connectivity index (χ1v) is 11.3. The van der Waals surface area contributed by atoms with E-state index in [9.17, 15) is 9.59 Å². The standard InChI is InChI=1S/C25H31N5O2/c1-17(2)30-21-11-7-6-10-20(21)24(28-30)25(32)27-19-12-14-29(15-13-19)23(26)16-22(31)18-8-4-3-5-9-18/h3-11,17,19,23H,12-16,26H2,1-2H3,(H,27,32). The summed E-state index contributed by atoms with van der Waals surface area (Å²) in [5.74, 6) is -0.0799. The van der Waals surface area contributed by atoms with Crippen LogP contribution in [-0.2, 0) is 0 Å². The summed E-state index contributed by atoms with van der Waals surface area (Å²) >= 11 is 0. The Morgan fingerprint density at radius 2 is 1.72 bits per heavy atom. The topological polar surface area (TPSA) is 93.2 Å². The molecule has 2 aromatic carbocycles. The molecule has 0 radical (unpaired) electrons. The molecule has 2 heterocycles. The van der Waals surface area contributed by atoms with Crippen molar-refractivity contribution in [3.8, 4) is 0 Å². The summed E-state index contributed by atoms with van der Waals surface area (Å²) in [5.41, 5.74) is 8.46. The van der Waals surface area contributed by atoms with Crippen molar-refractivity contribution < 1.29 is 9.59 Å². The molecule has 7 nitrogen and oxygen atoms in total. The number of hydrogen-bond acceptors (Lipinski definition) is 5. The van der Waals surface area contributed by atoms with Gasteiger partial charge in [0.2, 0.25) is 0 Å². The largest absolute Gasteiger partial charge is 0.348 e. The van der Waals surface area contributed by atoms with Gasteiger partial charge in [0, 0.05) is 42.5 Å². The first kappa shape index (κ1) is 22.2. The van der Waals surface area contributed by atoms with E-state index in [1.165, 1.54) is 0 Å². The molecule has 0 bridgehead atoms. The summed E-state index contributed by atoms with van der Waals surface area (Å²) in [5, 5.41) is 8.62. The van der Waals surface area contributed by atoms with E-state index >= 15 is 0 Å². The first-order valence-electron chi connectivity index (χ1n) is 11.3. The normalized spacial score (nSPS) is 16.4. The molecule has 1 aromatic heterocycles. The fourth-order valence-corrected chi connectivity index (χ4v) is 4.34. The van der Waals surface area contributed by atoms with Crippen molar-refractivity contribution in [2.75, 3.05) is 13.1 Å². The zero-order valence-electron chi connectivity index (χ0n) is 18.7. The summed E-state index contributed by atoms with van der Waals surface area (Å²) in [6.45, 7) is 5.61. The third-order valence-corrected chi connectivity index (χ3v) is 6.14. The van der Waals surface area contributed by atoms with Gasteiger partial charge in [-0.05, 0) is 32.8 Å². The van der Waals surface area contributed by atoms with Crippen molar-refractivity contribution in [3.63, 3.8) is 0 Å². The summed E-state index contributed by atoms with van der Waals surface area (Å²) < 4.78 is 1.90. The molecule has 0 spiro atoms. The summed E-state index contributed by atoms with van der Waals surface area (Å²) in [6, 6.07) is 17.3. The third kappa shape index (κ3) is 4.74. The molecule has 1 aliphatic rings. The van der Waals surface area contributed by atoms with Crippen molar-refractivity contribution in [1.82, 2.24) is 20.0 Å². The Morgan fingerprint density at radius 3 is 2.41 bits per heavy atom. The molecule has 1 amide bonds. The number of aromatic nitrogens is 2. The zero-order valence-corrected chi connectivity index (χ0v) is 18.7. The van der Waals surface area contributed by atoms with Gasteiger partial charge in [-0.3, -0.25) is 19.2 Å². The van der Waals surface area contributed by atoms with Crippen molar-refractivity contribution in [2.24, 2.45) is 5.73 Å². The molecule has 7 heteroatoms. The number of likely N-dealkylation sites (tertiary alicyclic amines) is 1. The number of nitrogens with two attached hydrogens (primary N) is 1. The molecule has 1 fully saturated rings. The average molecular weight is 434 g/mol. The number of ketones is 1. The third-order valence-electron chi connectivity index (χ3n) is 6.14. The highest BCUT2D eigenvalue weighted by Crippen LogP contribution is 2.22. The van der Waals surface area contributed by atoms with E-state index in [2.05, 4.69) is 29.2 Å². The van der Waals surface area contributed by atoms with Crippen LogP contribution in [0.5, 0.6) is 0 Å². The zero-order chi connectivity index (χ0) is 22.7. The lowest BCUT2D eigenvalue weighted by molar-refractivity contribution is 0.0847. The highest BCUT2D eigenvalue weighted by molar-refractivity contribution is 6.05. The predicted octanol–water partition coefficient (Wildman–Crippen LogP) is 3.37. The van der Waals surface area contributed by atoms with Crippen molar-refractivity contribution >= 4 is 22.6 Å². The van der Waals surface area contributed by atoms with Crippen molar-refractivity contribution in [1.29, 1.82) is 0 Å². The number of fused-ring (bicyclic) bond motifs is 1. The van der Waals surface area contributed by atoms with Crippen LogP contribution in [-0.4, -0.2) is 51.7 Å². The Labute approximate surface area is 188 Å². The lowest BCUT2D eigenvalue weighted by Crippen LogP contribution is -2.51. The second-order valence-corrected chi connectivity index (χ2v) is 8.75. The molecule has 1 unspecified atom stereocenters. The fourth-order valence-electron chi connectivity index (χ4n) is 4.34. The molecule has 32 heavy (non-hydrogen) atoms. The van der Waals surface area contributed by atoms with Gasteiger partial charge in [0.1, 0.15) is 0 Å². The van der Waals surface area contributed by atoms with Gasteiger partial charge in [0.25, 0.3) is 5.91 Å². The number of rotatable bonds is 7. The number of carbonyl (C=O) groups excluding carboxylic acids is 2. The van der Waals surface area contributed by atoms with Crippen LogP contribution in [0.2, 0.25) is 0 Å². The predicted molar refractivity (Wildman–Crippen MR) is 126 cm³/mol. The quantitative estimate of drug-likeness (QED) is 0.557. The first-order chi connectivity index (χ1) is 15.4. The molecular formula is C25H31N5O2. The number of benzene rings is 2. The van der Waals surface area contributed by atoms with Gasteiger partial charge in [-0.15, -0.1) is 0 Å². The smallest absolute Gasteiger partial charge is 0.272 e. The maximum atomic E-state index is 13.0. The molecule has 3 N–H and O–H groups in total. The number of para-hydroxylation sites is 1. The molecule has 168 valence electrons. The van der Waals surface area contributed by atoms with E-state index < -0.39 is 0 Å². The molecule has 1 saturated heterocycles. The van der Waals surface area contributed by atoms with Crippen molar-refractivity contribution in [3.05, 3.63) is 65.9 Å². The monoisotopic (exact) mass is 433 g/mol. The summed E-state index contributed by atoms with van der Waals surface area (Å²) in [4.78, 5) is 27.6. The van der Waals surface area contributed by atoms with Gasteiger partial charge in [-0.25, -0.2) is 0 Å². The lowest BCUT2D eigenvalue weighted by Gasteiger charge is -2.35. The lowest BCUT2D eigenvalue weighted by atomic mass is 10.0.